The predicted molar refractivity (Wildman–Crippen MR) is 150 cm³/mol. The van der Waals surface area contributed by atoms with Gasteiger partial charge in [-0.1, -0.05) is 41.9 Å². The summed E-state index contributed by atoms with van der Waals surface area (Å²) >= 11 is 11.5. The molecular formula is C29H24ClN3O3S. The third-order valence-corrected chi connectivity index (χ3v) is 6.56. The number of nitrogens with zero attached hydrogens (tertiary/aromatic N) is 1. The molecule has 0 saturated carbocycles. The third kappa shape index (κ3) is 5.58. The molecule has 5 rings (SSSR count). The van der Waals surface area contributed by atoms with E-state index in [1.54, 1.807) is 18.2 Å². The number of halogens is 1. The lowest BCUT2D eigenvalue weighted by Gasteiger charge is -2.09. The van der Waals surface area contributed by atoms with Crippen LogP contribution >= 0.6 is 23.8 Å². The second-order valence-electron chi connectivity index (χ2n) is 8.95. The molecular weight excluding hydrogens is 506 g/mol. The zero-order valence-electron chi connectivity index (χ0n) is 20.5. The Morgan fingerprint density at radius 2 is 1.73 bits per heavy atom. The van der Waals surface area contributed by atoms with Crippen molar-refractivity contribution in [1.82, 2.24) is 10.3 Å². The monoisotopic (exact) mass is 529 g/mol. The van der Waals surface area contributed by atoms with Gasteiger partial charge in [0.25, 0.3) is 5.91 Å². The molecule has 2 aromatic heterocycles. The van der Waals surface area contributed by atoms with Crippen molar-refractivity contribution < 1.29 is 13.6 Å². The number of carbonyl (C=O) groups is 1. The number of aromatic nitrogens is 1. The maximum atomic E-state index is 12.6. The summed E-state index contributed by atoms with van der Waals surface area (Å²) in [4.78, 5) is 17.2. The van der Waals surface area contributed by atoms with E-state index in [4.69, 9.17) is 32.7 Å². The van der Waals surface area contributed by atoms with Crippen LogP contribution in [0, 0.1) is 20.8 Å². The predicted octanol–water partition coefficient (Wildman–Crippen LogP) is 7.38. The number of thiocarbonyl (C=S) groups is 1. The van der Waals surface area contributed by atoms with Gasteiger partial charge >= 0.3 is 0 Å². The van der Waals surface area contributed by atoms with E-state index in [1.807, 2.05) is 63.2 Å². The van der Waals surface area contributed by atoms with Crippen molar-refractivity contribution >= 4 is 51.6 Å². The van der Waals surface area contributed by atoms with E-state index in [0.717, 1.165) is 44.6 Å². The Kier molecular flexibility index (Phi) is 6.82. The van der Waals surface area contributed by atoms with Crippen LogP contribution in [-0.2, 0) is 6.42 Å². The molecule has 0 aliphatic carbocycles. The molecule has 186 valence electrons. The summed E-state index contributed by atoms with van der Waals surface area (Å²) in [6.07, 6.45) is 0.571. The highest BCUT2D eigenvalue weighted by Gasteiger charge is 2.15. The van der Waals surface area contributed by atoms with Gasteiger partial charge < -0.3 is 14.2 Å². The van der Waals surface area contributed by atoms with Crippen molar-refractivity contribution in [2.45, 2.75) is 27.2 Å². The second kappa shape index (κ2) is 10.2. The van der Waals surface area contributed by atoms with Gasteiger partial charge in [0, 0.05) is 22.7 Å². The standard InChI is InChI=1S/C29H24ClN3O3S/c1-16-12-18(3)27-23(13-16)32-26(36-27)14-19-5-8-21(9-6-19)31-29(37)33-28(34)25-11-10-24(35-25)20-7-4-17(2)22(30)15-20/h4-13,15H,14H2,1-3H3,(H2,31,33,34,37). The highest BCUT2D eigenvalue weighted by atomic mass is 35.5. The van der Waals surface area contributed by atoms with E-state index >= 15 is 0 Å². The molecule has 8 heteroatoms. The Labute approximate surface area is 224 Å². The summed E-state index contributed by atoms with van der Waals surface area (Å²) in [5, 5.41) is 6.47. The molecule has 0 aliphatic heterocycles. The van der Waals surface area contributed by atoms with Gasteiger partial charge in [-0.15, -0.1) is 0 Å². The normalized spacial score (nSPS) is 11.0. The Morgan fingerprint density at radius 3 is 2.49 bits per heavy atom. The Balaban J connectivity index is 1.19. The average molecular weight is 530 g/mol. The van der Waals surface area contributed by atoms with E-state index in [9.17, 15) is 4.79 Å². The lowest BCUT2D eigenvalue weighted by atomic mass is 10.1. The first-order chi connectivity index (χ1) is 17.7. The molecule has 0 unspecified atom stereocenters. The van der Waals surface area contributed by atoms with Crippen molar-refractivity contribution in [2.75, 3.05) is 5.32 Å². The van der Waals surface area contributed by atoms with Crippen LogP contribution in [0.15, 0.2) is 75.6 Å². The Hall–Kier alpha value is -3.94. The minimum atomic E-state index is -0.444. The summed E-state index contributed by atoms with van der Waals surface area (Å²) in [7, 11) is 0. The van der Waals surface area contributed by atoms with Gasteiger partial charge in [-0.3, -0.25) is 10.1 Å². The van der Waals surface area contributed by atoms with Gasteiger partial charge in [0.2, 0.25) is 0 Å². The van der Waals surface area contributed by atoms with E-state index < -0.39 is 5.91 Å². The van der Waals surface area contributed by atoms with E-state index in [-0.39, 0.29) is 10.9 Å². The SMILES string of the molecule is Cc1cc(C)c2oc(Cc3ccc(NC(=S)NC(=O)c4ccc(-c5ccc(C)c(Cl)c5)o4)cc3)nc2c1. The number of amides is 1. The number of benzene rings is 3. The van der Waals surface area contributed by atoms with Gasteiger partial charge in [-0.25, -0.2) is 4.98 Å². The van der Waals surface area contributed by atoms with Crippen LogP contribution in [0.5, 0.6) is 0 Å². The Bertz CT molecular complexity index is 1640. The number of nitrogens with one attached hydrogen (secondary N) is 2. The summed E-state index contributed by atoms with van der Waals surface area (Å²) in [5.41, 5.74) is 7.48. The highest BCUT2D eigenvalue weighted by Crippen LogP contribution is 2.27. The number of carbonyl (C=O) groups excluding carboxylic acids is 1. The van der Waals surface area contributed by atoms with Crippen molar-refractivity contribution in [3.05, 3.63) is 106 Å². The lowest BCUT2D eigenvalue weighted by molar-refractivity contribution is 0.0951. The van der Waals surface area contributed by atoms with Crippen LogP contribution in [-0.4, -0.2) is 16.0 Å². The average Bonchev–Trinajstić information content (AvgIpc) is 3.50. The first kappa shape index (κ1) is 24.7. The van der Waals surface area contributed by atoms with Crippen LogP contribution in [0.3, 0.4) is 0 Å². The number of anilines is 1. The number of oxazole rings is 1. The number of fused-ring (bicyclic) bond motifs is 1. The molecule has 3 aromatic carbocycles. The summed E-state index contributed by atoms with van der Waals surface area (Å²) in [6.45, 7) is 6.00. The number of hydrogen-bond donors (Lipinski definition) is 2. The number of aryl methyl sites for hydroxylation is 3. The molecule has 0 spiro atoms. The molecule has 6 nitrogen and oxygen atoms in total. The number of furan rings is 1. The number of hydrogen-bond acceptors (Lipinski definition) is 5. The summed E-state index contributed by atoms with van der Waals surface area (Å²) in [6, 6.07) is 20.7. The lowest BCUT2D eigenvalue weighted by Crippen LogP contribution is -2.33. The summed E-state index contributed by atoms with van der Waals surface area (Å²) in [5.74, 6) is 0.915. The zero-order valence-corrected chi connectivity index (χ0v) is 22.1. The molecule has 5 aromatic rings. The molecule has 1 amide bonds. The van der Waals surface area contributed by atoms with Crippen LogP contribution in [0.2, 0.25) is 5.02 Å². The molecule has 0 saturated heterocycles. The third-order valence-electron chi connectivity index (χ3n) is 5.94. The highest BCUT2D eigenvalue weighted by molar-refractivity contribution is 7.80. The summed E-state index contributed by atoms with van der Waals surface area (Å²) < 4.78 is 11.7. The van der Waals surface area contributed by atoms with Crippen LogP contribution in [0.25, 0.3) is 22.4 Å². The molecule has 2 N–H and O–H groups in total. The largest absolute Gasteiger partial charge is 0.451 e. The maximum Gasteiger partial charge on any atom is 0.293 e. The van der Waals surface area contributed by atoms with Crippen molar-refractivity contribution in [3.8, 4) is 11.3 Å². The van der Waals surface area contributed by atoms with Crippen molar-refractivity contribution in [1.29, 1.82) is 0 Å². The van der Waals surface area contributed by atoms with Crippen LogP contribution in [0.1, 0.15) is 38.7 Å². The molecule has 0 atom stereocenters. The maximum absolute atomic E-state index is 12.6. The zero-order chi connectivity index (χ0) is 26.1. The molecule has 0 fully saturated rings. The van der Waals surface area contributed by atoms with E-state index in [2.05, 4.69) is 21.7 Å². The van der Waals surface area contributed by atoms with Gasteiger partial charge in [0.15, 0.2) is 22.3 Å². The minimum absolute atomic E-state index is 0.148. The second-order valence-corrected chi connectivity index (χ2v) is 9.76. The molecule has 2 heterocycles. The van der Waals surface area contributed by atoms with Crippen LogP contribution in [0.4, 0.5) is 5.69 Å². The minimum Gasteiger partial charge on any atom is -0.451 e. The van der Waals surface area contributed by atoms with E-state index in [0.29, 0.717) is 23.1 Å². The topological polar surface area (TPSA) is 80.3 Å². The van der Waals surface area contributed by atoms with Crippen LogP contribution < -0.4 is 10.6 Å². The van der Waals surface area contributed by atoms with Gasteiger partial charge in [0.1, 0.15) is 11.3 Å². The molecule has 0 bridgehead atoms. The first-order valence-corrected chi connectivity index (χ1v) is 12.5. The van der Waals surface area contributed by atoms with Gasteiger partial charge in [-0.2, -0.15) is 0 Å². The number of rotatable bonds is 5. The quantitative estimate of drug-likeness (QED) is 0.231. The molecule has 0 radical (unpaired) electrons. The fourth-order valence-corrected chi connectivity index (χ4v) is 4.46. The fourth-order valence-electron chi connectivity index (χ4n) is 4.07. The fraction of sp³-hybridized carbons (Fsp3) is 0.138. The molecule has 37 heavy (non-hydrogen) atoms. The van der Waals surface area contributed by atoms with Crippen molar-refractivity contribution in [3.63, 3.8) is 0 Å². The molecule has 0 aliphatic rings. The smallest absolute Gasteiger partial charge is 0.293 e. The first-order valence-electron chi connectivity index (χ1n) is 11.7. The Morgan fingerprint density at radius 1 is 0.946 bits per heavy atom. The van der Waals surface area contributed by atoms with Gasteiger partial charge in [0.05, 0.1) is 0 Å². The van der Waals surface area contributed by atoms with E-state index in [1.165, 1.54) is 0 Å². The van der Waals surface area contributed by atoms with Gasteiger partial charge in [-0.05, 0) is 91.6 Å². The van der Waals surface area contributed by atoms with Crippen molar-refractivity contribution in [2.24, 2.45) is 0 Å².